The normalized spacial score (nSPS) is 16.0. The Kier molecular flexibility index (Phi) is 5.83. The largest absolute Gasteiger partial charge is 0.492 e. The summed E-state index contributed by atoms with van der Waals surface area (Å²) in [5.41, 5.74) is 2.72. The highest BCUT2D eigenvalue weighted by molar-refractivity contribution is 7.22. The molecule has 0 atom stereocenters. The molecule has 176 valence electrons. The van der Waals surface area contributed by atoms with Gasteiger partial charge < -0.3 is 15.0 Å². The van der Waals surface area contributed by atoms with Crippen molar-refractivity contribution in [2.24, 2.45) is 0 Å². The van der Waals surface area contributed by atoms with Crippen LogP contribution in [0.5, 0.6) is 5.75 Å². The maximum absolute atomic E-state index is 12.3. The minimum atomic E-state index is -0.430. The summed E-state index contributed by atoms with van der Waals surface area (Å²) in [5.74, 6) is 1.74. The lowest BCUT2D eigenvalue weighted by Crippen LogP contribution is -2.24. The van der Waals surface area contributed by atoms with Crippen LogP contribution in [0.1, 0.15) is 37.1 Å². The molecule has 1 fully saturated rings. The van der Waals surface area contributed by atoms with Gasteiger partial charge in [-0.05, 0) is 76.2 Å². The second-order valence-corrected chi connectivity index (χ2v) is 10.0. The fraction of sp³-hybridized carbons (Fsp3) is 0.360. The molecule has 3 aromatic rings. The molecule has 2 amide bonds. The molecule has 2 aromatic heterocycles. The number of nitrogens with zero attached hydrogens (tertiary/aromatic N) is 3. The Morgan fingerprint density at radius 3 is 2.47 bits per heavy atom. The lowest BCUT2D eigenvalue weighted by atomic mass is 10.1. The van der Waals surface area contributed by atoms with Gasteiger partial charge in [0.1, 0.15) is 34.5 Å². The second kappa shape index (κ2) is 8.81. The van der Waals surface area contributed by atoms with Gasteiger partial charge in [-0.1, -0.05) is 0 Å². The summed E-state index contributed by atoms with van der Waals surface area (Å²) in [7, 11) is 4.04. The average Bonchev–Trinajstić information content (AvgIpc) is 3.56. The zero-order chi connectivity index (χ0) is 24.0. The van der Waals surface area contributed by atoms with Crippen LogP contribution in [0.4, 0.5) is 5.82 Å². The first-order valence-electron chi connectivity index (χ1n) is 11.3. The van der Waals surface area contributed by atoms with E-state index in [0.29, 0.717) is 23.9 Å². The van der Waals surface area contributed by atoms with Crippen LogP contribution >= 0.6 is 11.3 Å². The van der Waals surface area contributed by atoms with Crippen molar-refractivity contribution in [3.8, 4) is 16.2 Å². The smallest absolute Gasteiger partial charge is 0.275 e. The number of hydrogen-bond donors (Lipinski definition) is 2. The molecular weight excluding hydrogens is 450 g/mol. The predicted molar refractivity (Wildman–Crippen MR) is 133 cm³/mol. The molecule has 2 aliphatic rings. The van der Waals surface area contributed by atoms with E-state index in [1.165, 1.54) is 0 Å². The number of hydrogen-bond acceptors (Lipinski definition) is 8. The minimum absolute atomic E-state index is 0.248. The Bertz CT molecular complexity index is 1320. The molecule has 0 spiro atoms. The van der Waals surface area contributed by atoms with Crippen molar-refractivity contribution < 1.29 is 14.3 Å². The Hall–Kier alpha value is -3.30. The van der Waals surface area contributed by atoms with Crippen LogP contribution in [-0.2, 0) is 9.59 Å². The van der Waals surface area contributed by atoms with Crippen LogP contribution < -0.4 is 15.4 Å². The minimum Gasteiger partial charge on any atom is -0.492 e. The van der Waals surface area contributed by atoms with E-state index in [1.807, 2.05) is 33.2 Å². The number of nitrogens with one attached hydrogen (secondary N) is 2. The number of ether oxygens (including phenoxy) is 1. The first-order valence-corrected chi connectivity index (χ1v) is 12.2. The highest BCUT2D eigenvalue weighted by Crippen LogP contribution is 2.44. The SMILES string of the molecule is CC1=C(Nc2nc(C3CC3)nc3sc(-c4ccc(OCCN(C)C)cc4)c(C)c23)C(=O)NC1=O. The molecular formula is C25H27N5O3S. The summed E-state index contributed by atoms with van der Waals surface area (Å²) in [6, 6.07) is 8.08. The average molecular weight is 478 g/mol. The van der Waals surface area contributed by atoms with Crippen molar-refractivity contribution >= 4 is 39.2 Å². The monoisotopic (exact) mass is 477 g/mol. The van der Waals surface area contributed by atoms with E-state index in [1.54, 1.807) is 18.3 Å². The summed E-state index contributed by atoms with van der Waals surface area (Å²) < 4.78 is 5.83. The van der Waals surface area contributed by atoms with Crippen molar-refractivity contribution in [1.29, 1.82) is 0 Å². The van der Waals surface area contributed by atoms with Crippen LogP contribution in [0, 0.1) is 6.92 Å². The fourth-order valence-corrected chi connectivity index (χ4v) is 5.10. The second-order valence-electron chi connectivity index (χ2n) is 9.03. The van der Waals surface area contributed by atoms with Crippen LogP contribution in [0.25, 0.3) is 20.7 Å². The number of fused-ring (bicyclic) bond motifs is 1. The lowest BCUT2D eigenvalue weighted by molar-refractivity contribution is -0.124. The summed E-state index contributed by atoms with van der Waals surface area (Å²) in [4.78, 5) is 38.0. The Morgan fingerprint density at radius 1 is 1.12 bits per heavy atom. The molecule has 9 heteroatoms. The number of thiophene rings is 1. The number of rotatable bonds is 8. The topological polar surface area (TPSA) is 96.5 Å². The molecule has 0 radical (unpaired) electrons. The Balaban J connectivity index is 1.51. The summed E-state index contributed by atoms with van der Waals surface area (Å²) in [6.07, 6.45) is 2.14. The molecule has 1 saturated carbocycles. The van der Waals surface area contributed by atoms with Crippen LogP contribution in [0.2, 0.25) is 0 Å². The van der Waals surface area contributed by atoms with Crippen molar-refractivity contribution in [2.75, 3.05) is 32.6 Å². The van der Waals surface area contributed by atoms with Gasteiger partial charge in [0, 0.05) is 22.9 Å². The molecule has 3 heterocycles. The molecule has 8 nitrogen and oxygen atoms in total. The predicted octanol–water partition coefficient (Wildman–Crippen LogP) is 3.83. The highest BCUT2D eigenvalue weighted by atomic mass is 32.1. The van der Waals surface area contributed by atoms with E-state index in [4.69, 9.17) is 14.7 Å². The van der Waals surface area contributed by atoms with Crippen LogP contribution in [-0.4, -0.2) is 53.9 Å². The van der Waals surface area contributed by atoms with Crippen molar-refractivity contribution in [3.05, 3.63) is 46.9 Å². The van der Waals surface area contributed by atoms with Gasteiger partial charge in [-0.3, -0.25) is 14.9 Å². The third-order valence-electron chi connectivity index (χ3n) is 6.09. The number of aromatic nitrogens is 2. The third kappa shape index (κ3) is 4.28. The molecule has 0 bridgehead atoms. The van der Waals surface area contributed by atoms with Gasteiger partial charge in [-0.15, -0.1) is 11.3 Å². The number of imide groups is 1. The van der Waals surface area contributed by atoms with Gasteiger partial charge >= 0.3 is 0 Å². The van der Waals surface area contributed by atoms with Crippen LogP contribution in [0.15, 0.2) is 35.5 Å². The number of amides is 2. The van der Waals surface area contributed by atoms with Gasteiger partial charge in [-0.25, -0.2) is 9.97 Å². The lowest BCUT2D eigenvalue weighted by Gasteiger charge is -2.11. The molecule has 1 aromatic carbocycles. The molecule has 0 unspecified atom stereocenters. The number of aryl methyl sites for hydroxylation is 1. The molecule has 5 rings (SSSR count). The molecule has 1 aliphatic heterocycles. The summed E-state index contributed by atoms with van der Waals surface area (Å²) >= 11 is 1.62. The van der Waals surface area contributed by atoms with Crippen molar-refractivity contribution in [1.82, 2.24) is 20.2 Å². The van der Waals surface area contributed by atoms with Gasteiger partial charge in [0.15, 0.2) is 0 Å². The first kappa shape index (κ1) is 22.5. The fourth-order valence-electron chi connectivity index (χ4n) is 3.91. The van der Waals surface area contributed by atoms with Crippen molar-refractivity contribution in [2.45, 2.75) is 32.6 Å². The standard InChI is InChI=1S/C25H27N5O3S/c1-13-18-22(26-19-14(2)23(31)29-24(19)32)27-21(16-5-6-16)28-25(18)34-20(13)15-7-9-17(10-8-15)33-12-11-30(3)4/h7-10,16H,5-6,11-12H2,1-4H3,(H2,26,27,28,29,31,32). The number of carbonyl (C=O) groups is 2. The maximum atomic E-state index is 12.3. The summed E-state index contributed by atoms with van der Waals surface area (Å²) in [5, 5.41) is 6.38. The summed E-state index contributed by atoms with van der Waals surface area (Å²) in [6.45, 7) is 5.17. The van der Waals surface area contributed by atoms with Gasteiger partial charge in [0.2, 0.25) is 0 Å². The number of benzene rings is 1. The molecule has 2 N–H and O–H groups in total. The van der Waals surface area contributed by atoms with Gasteiger partial charge in [0.25, 0.3) is 11.8 Å². The third-order valence-corrected chi connectivity index (χ3v) is 7.32. The van der Waals surface area contributed by atoms with E-state index >= 15 is 0 Å². The Morgan fingerprint density at radius 2 is 1.85 bits per heavy atom. The highest BCUT2D eigenvalue weighted by Gasteiger charge is 2.31. The quantitative estimate of drug-likeness (QED) is 0.476. The molecule has 34 heavy (non-hydrogen) atoms. The molecule has 1 aliphatic carbocycles. The zero-order valence-corrected chi connectivity index (χ0v) is 20.5. The van der Waals surface area contributed by atoms with Gasteiger partial charge in [-0.2, -0.15) is 0 Å². The zero-order valence-electron chi connectivity index (χ0n) is 19.7. The number of anilines is 1. The molecule has 0 saturated heterocycles. The number of carbonyl (C=O) groups excluding carboxylic acids is 2. The Labute approximate surface area is 202 Å². The number of likely N-dealkylation sites (N-methyl/N-ethyl adjacent to an activating group) is 1. The first-order chi connectivity index (χ1) is 16.3. The maximum Gasteiger partial charge on any atom is 0.275 e. The van der Waals surface area contributed by atoms with E-state index in [0.717, 1.165) is 57.2 Å². The van der Waals surface area contributed by atoms with Gasteiger partial charge in [0.05, 0.1) is 5.39 Å². The van der Waals surface area contributed by atoms with E-state index < -0.39 is 5.91 Å². The van der Waals surface area contributed by atoms with E-state index in [2.05, 4.69) is 27.7 Å². The van der Waals surface area contributed by atoms with Crippen molar-refractivity contribution in [3.63, 3.8) is 0 Å². The van der Waals surface area contributed by atoms with E-state index in [-0.39, 0.29) is 11.6 Å². The van der Waals surface area contributed by atoms with Crippen LogP contribution in [0.3, 0.4) is 0 Å². The van der Waals surface area contributed by atoms with E-state index in [9.17, 15) is 9.59 Å².